The van der Waals surface area contributed by atoms with Gasteiger partial charge in [0.15, 0.2) is 0 Å². The summed E-state index contributed by atoms with van der Waals surface area (Å²) >= 11 is 3.39. The molecule has 0 aliphatic carbocycles. The fourth-order valence-electron chi connectivity index (χ4n) is 2.67. The third kappa shape index (κ3) is 4.79. The van der Waals surface area contributed by atoms with Gasteiger partial charge in [-0.3, -0.25) is 4.90 Å². The highest BCUT2D eigenvalue weighted by Crippen LogP contribution is 2.11. The third-order valence-electron chi connectivity index (χ3n) is 3.99. The summed E-state index contributed by atoms with van der Waals surface area (Å²) in [6.07, 6.45) is -0.237. The SMILES string of the molecule is O=C(OCc1ccccc1)N1CCN(Cc2cccc(Br)n2)CC1. The van der Waals surface area contributed by atoms with Gasteiger partial charge >= 0.3 is 6.09 Å². The van der Waals surface area contributed by atoms with Gasteiger partial charge in [-0.2, -0.15) is 0 Å². The lowest BCUT2D eigenvalue weighted by Gasteiger charge is -2.33. The van der Waals surface area contributed by atoms with Crippen molar-refractivity contribution in [2.45, 2.75) is 13.2 Å². The minimum absolute atomic E-state index is 0.237. The van der Waals surface area contributed by atoms with Crippen molar-refractivity contribution >= 4 is 22.0 Å². The lowest BCUT2D eigenvalue weighted by molar-refractivity contribution is 0.0698. The van der Waals surface area contributed by atoms with E-state index in [1.54, 1.807) is 4.90 Å². The molecule has 1 aliphatic heterocycles. The molecule has 2 aromatic rings. The highest BCUT2D eigenvalue weighted by molar-refractivity contribution is 9.10. The summed E-state index contributed by atoms with van der Waals surface area (Å²) in [6, 6.07) is 15.7. The molecule has 6 heteroatoms. The van der Waals surface area contributed by atoms with E-state index in [1.807, 2.05) is 48.5 Å². The molecule has 1 saturated heterocycles. The molecule has 126 valence electrons. The Kier molecular flexibility index (Phi) is 5.82. The quantitative estimate of drug-likeness (QED) is 0.752. The maximum Gasteiger partial charge on any atom is 0.410 e. The Balaban J connectivity index is 1.43. The highest BCUT2D eigenvalue weighted by atomic mass is 79.9. The molecular formula is C18H20BrN3O2. The van der Waals surface area contributed by atoms with E-state index in [0.29, 0.717) is 19.7 Å². The normalized spacial score (nSPS) is 15.3. The number of carbonyl (C=O) groups is 1. The molecule has 1 aromatic carbocycles. The van der Waals surface area contributed by atoms with Gasteiger partial charge in [-0.05, 0) is 33.6 Å². The number of hydrogen-bond donors (Lipinski definition) is 0. The van der Waals surface area contributed by atoms with Crippen LogP contribution >= 0.6 is 15.9 Å². The van der Waals surface area contributed by atoms with E-state index in [2.05, 4.69) is 25.8 Å². The first-order chi connectivity index (χ1) is 11.7. The largest absolute Gasteiger partial charge is 0.445 e. The molecule has 0 atom stereocenters. The van der Waals surface area contributed by atoms with Crippen molar-refractivity contribution in [3.05, 3.63) is 64.4 Å². The van der Waals surface area contributed by atoms with Gasteiger partial charge in [0.1, 0.15) is 11.2 Å². The molecule has 3 rings (SSSR count). The first kappa shape index (κ1) is 16.9. The van der Waals surface area contributed by atoms with Crippen LogP contribution in [-0.4, -0.2) is 47.1 Å². The van der Waals surface area contributed by atoms with E-state index in [9.17, 15) is 4.79 Å². The maximum atomic E-state index is 12.1. The van der Waals surface area contributed by atoms with Crippen LogP contribution in [-0.2, 0) is 17.9 Å². The number of rotatable bonds is 4. The number of hydrogen-bond acceptors (Lipinski definition) is 4. The third-order valence-corrected chi connectivity index (χ3v) is 4.44. The summed E-state index contributed by atoms with van der Waals surface area (Å²) < 4.78 is 6.24. The van der Waals surface area contributed by atoms with Crippen LogP contribution in [0.1, 0.15) is 11.3 Å². The van der Waals surface area contributed by atoms with Crippen LogP contribution in [0.25, 0.3) is 0 Å². The lowest BCUT2D eigenvalue weighted by atomic mass is 10.2. The number of halogens is 1. The van der Waals surface area contributed by atoms with Gasteiger partial charge in [0, 0.05) is 32.7 Å². The van der Waals surface area contributed by atoms with E-state index in [0.717, 1.165) is 35.5 Å². The second-order valence-electron chi connectivity index (χ2n) is 5.76. The molecule has 0 spiro atoms. The predicted octanol–water partition coefficient (Wildman–Crippen LogP) is 3.30. The Hall–Kier alpha value is -1.92. The first-order valence-corrected chi connectivity index (χ1v) is 8.79. The Bertz CT molecular complexity index is 673. The molecule has 0 radical (unpaired) electrons. The molecular weight excluding hydrogens is 370 g/mol. The number of piperazine rings is 1. The molecule has 0 bridgehead atoms. The molecule has 0 N–H and O–H groups in total. The van der Waals surface area contributed by atoms with Crippen molar-refractivity contribution in [3.8, 4) is 0 Å². The Morgan fingerprint density at radius 1 is 1.04 bits per heavy atom. The minimum Gasteiger partial charge on any atom is -0.445 e. The maximum absolute atomic E-state index is 12.1. The average Bonchev–Trinajstić information content (AvgIpc) is 2.61. The van der Waals surface area contributed by atoms with Gasteiger partial charge in [-0.1, -0.05) is 36.4 Å². The summed E-state index contributed by atoms with van der Waals surface area (Å²) in [4.78, 5) is 20.7. The zero-order valence-corrected chi connectivity index (χ0v) is 15.0. The van der Waals surface area contributed by atoms with Crippen LogP contribution < -0.4 is 0 Å². The van der Waals surface area contributed by atoms with Crippen LogP contribution in [0, 0.1) is 0 Å². The molecule has 0 unspecified atom stereocenters. The van der Waals surface area contributed by atoms with E-state index in [-0.39, 0.29) is 6.09 Å². The van der Waals surface area contributed by atoms with E-state index in [4.69, 9.17) is 4.74 Å². The number of amides is 1. The van der Waals surface area contributed by atoms with Gasteiger partial charge in [0.2, 0.25) is 0 Å². The first-order valence-electron chi connectivity index (χ1n) is 8.00. The summed E-state index contributed by atoms with van der Waals surface area (Å²) in [5, 5.41) is 0. The van der Waals surface area contributed by atoms with Crippen molar-refractivity contribution in [1.82, 2.24) is 14.8 Å². The van der Waals surface area contributed by atoms with Crippen LogP contribution in [0.3, 0.4) is 0 Å². The molecule has 5 nitrogen and oxygen atoms in total. The van der Waals surface area contributed by atoms with Gasteiger partial charge < -0.3 is 9.64 Å². The van der Waals surface area contributed by atoms with Gasteiger partial charge in [0.25, 0.3) is 0 Å². The molecule has 24 heavy (non-hydrogen) atoms. The van der Waals surface area contributed by atoms with Gasteiger partial charge in [-0.25, -0.2) is 9.78 Å². The van der Waals surface area contributed by atoms with Crippen molar-refractivity contribution in [2.75, 3.05) is 26.2 Å². The molecule has 1 fully saturated rings. The van der Waals surface area contributed by atoms with E-state index >= 15 is 0 Å². The molecule has 2 heterocycles. The summed E-state index contributed by atoms with van der Waals surface area (Å²) in [5.74, 6) is 0. The zero-order chi connectivity index (χ0) is 16.8. The topological polar surface area (TPSA) is 45.7 Å². The number of aromatic nitrogens is 1. The molecule has 1 amide bonds. The second-order valence-corrected chi connectivity index (χ2v) is 6.57. The van der Waals surface area contributed by atoms with Crippen LogP contribution in [0.15, 0.2) is 53.1 Å². The summed E-state index contributed by atoms with van der Waals surface area (Å²) in [7, 11) is 0. The number of pyridine rings is 1. The van der Waals surface area contributed by atoms with Crippen molar-refractivity contribution in [3.63, 3.8) is 0 Å². The Morgan fingerprint density at radius 3 is 2.50 bits per heavy atom. The number of benzene rings is 1. The number of nitrogens with zero attached hydrogens (tertiary/aromatic N) is 3. The molecule has 0 saturated carbocycles. The monoisotopic (exact) mass is 389 g/mol. The van der Waals surface area contributed by atoms with Crippen LogP contribution in [0.5, 0.6) is 0 Å². The summed E-state index contributed by atoms with van der Waals surface area (Å²) in [6.45, 7) is 4.14. The fourth-order valence-corrected chi connectivity index (χ4v) is 3.05. The average molecular weight is 390 g/mol. The summed E-state index contributed by atoms with van der Waals surface area (Å²) in [5.41, 5.74) is 2.04. The number of ether oxygens (including phenoxy) is 1. The fraction of sp³-hybridized carbons (Fsp3) is 0.333. The van der Waals surface area contributed by atoms with Crippen LogP contribution in [0.2, 0.25) is 0 Å². The zero-order valence-electron chi connectivity index (χ0n) is 13.4. The highest BCUT2D eigenvalue weighted by Gasteiger charge is 2.22. The smallest absolute Gasteiger partial charge is 0.410 e. The van der Waals surface area contributed by atoms with Gasteiger partial charge in [-0.15, -0.1) is 0 Å². The van der Waals surface area contributed by atoms with Crippen molar-refractivity contribution < 1.29 is 9.53 Å². The van der Waals surface area contributed by atoms with E-state index < -0.39 is 0 Å². The van der Waals surface area contributed by atoms with E-state index in [1.165, 1.54) is 0 Å². The van der Waals surface area contributed by atoms with Crippen molar-refractivity contribution in [2.24, 2.45) is 0 Å². The number of carbonyl (C=O) groups excluding carboxylic acids is 1. The Morgan fingerprint density at radius 2 is 1.79 bits per heavy atom. The lowest BCUT2D eigenvalue weighted by Crippen LogP contribution is -2.48. The minimum atomic E-state index is -0.237. The second kappa shape index (κ2) is 8.26. The van der Waals surface area contributed by atoms with Gasteiger partial charge in [0.05, 0.1) is 5.69 Å². The predicted molar refractivity (Wildman–Crippen MR) is 95.4 cm³/mol. The van der Waals surface area contributed by atoms with Crippen molar-refractivity contribution in [1.29, 1.82) is 0 Å². The Labute approximate surface area is 150 Å². The van der Waals surface area contributed by atoms with Crippen LogP contribution in [0.4, 0.5) is 4.79 Å². The molecule has 1 aliphatic rings. The standard InChI is InChI=1S/C18H20BrN3O2/c19-17-8-4-7-16(20-17)13-21-9-11-22(12-10-21)18(23)24-14-15-5-2-1-3-6-15/h1-8H,9-14H2. The molecule has 1 aromatic heterocycles.